The van der Waals surface area contributed by atoms with Gasteiger partial charge in [-0.25, -0.2) is 14.6 Å². The van der Waals surface area contributed by atoms with E-state index in [1.165, 1.54) is 4.90 Å². The van der Waals surface area contributed by atoms with E-state index in [9.17, 15) is 4.79 Å². The van der Waals surface area contributed by atoms with E-state index in [2.05, 4.69) is 31.0 Å². The fraction of sp³-hybridized carbons (Fsp3) is 0.333. The van der Waals surface area contributed by atoms with E-state index in [1.807, 2.05) is 6.92 Å². The zero-order valence-corrected chi connectivity index (χ0v) is 12.5. The molecule has 0 spiro atoms. The first-order valence-corrected chi connectivity index (χ1v) is 6.61. The molecule has 0 fully saturated rings. The van der Waals surface area contributed by atoms with Crippen LogP contribution in [-0.2, 0) is 6.42 Å². The molecule has 0 aliphatic carbocycles. The zero-order valence-electron chi connectivity index (χ0n) is 11.0. The minimum absolute atomic E-state index is 0.136. The predicted molar refractivity (Wildman–Crippen MR) is 74.2 cm³/mol. The molecule has 7 heteroatoms. The van der Waals surface area contributed by atoms with E-state index in [0.29, 0.717) is 16.1 Å². The largest absolute Gasteiger partial charge is 0.343 e. The Bertz CT molecular complexity index is 608. The van der Waals surface area contributed by atoms with Crippen molar-refractivity contribution < 1.29 is 4.79 Å². The van der Waals surface area contributed by atoms with Gasteiger partial charge >= 0.3 is 0 Å². The molecule has 1 amide bonds. The highest BCUT2D eigenvalue weighted by Gasteiger charge is 2.13. The Morgan fingerprint density at radius 3 is 2.79 bits per heavy atom. The van der Waals surface area contributed by atoms with Crippen molar-refractivity contribution in [2.24, 2.45) is 0 Å². The quantitative estimate of drug-likeness (QED) is 0.806. The summed E-state index contributed by atoms with van der Waals surface area (Å²) < 4.78 is 2.27. The number of amides is 1. The van der Waals surface area contributed by atoms with Gasteiger partial charge in [-0.05, 0) is 22.0 Å². The molecule has 0 saturated heterocycles. The smallest absolute Gasteiger partial charge is 0.273 e. The Morgan fingerprint density at radius 2 is 2.16 bits per heavy atom. The van der Waals surface area contributed by atoms with Gasteiger partial charge in [0.2, 0.25) is 0 Å². The molecule has 2 heterocycles. The Hall–Kier alpha value is -1.76. The standard InChI is InChI=1S/C12H14BrN5O/c1-4-10-14-9(13)7-11(15-10)18-6-5-8(16-18)12(19)17(2)3/h5-7H,4H2,1-3H3. The van der Waals surface area contributed by atoms with Gasteiger partial charge in [-0.1, -0.05) is 6.92 Å². The predicted octanol–water partition coefficient (Wildman–Crippen LogP) is 1.69. The summed E-state index contributed by atoms with van der Waals surface area (Å²) in [6, 6.07) is 3.43. The summed E-state index contributed by atoms with van der Waals surface area (Å²) in [5.74, 6) is 1.22. The molecule has 0 N–H and O–H groups in total. The molecule has 0 aromatic carbocycles. The molecule has 2 aromatic heterocycles. The second-order valence-corrected chi connectivity index (χ2v) is 4.98. The first-order chi connectivity index (χ1) is 9.01. The number of nitrogens with zero attached hydrogens (tertiary/aromatic N) is 5. The number of hydrogen-bond donors (Lipinski definition) is 0. The summed E-state index contributed by atoms with van der Waals surface area (Å²) in [7, 11) is 3.38. The number of hydrogen-bond acceptors (Lipinski definition) is 4. The van der Waals surface area contributed by atoms with Gasteiger partial charge < -0.3 is 4.90 Å². The fourth-order valence-corrected chi connectivity index (χ4v) is 1.93. The maximum atomic E-state index is 11.8. The highest BCUT2D eigenvalue weighted by atomic mass is 79.9. The van der Waals surface area contributed by atoms with Gasteiger partial charge in [0.1, 0.15) is 10.4 Å². The normalized spacial score (nSPS) is 10.5. The summed E-state index contributed by atoms with van der Waals surface area (Å²) in [5, 5.41) is 4.23. The Kier molecular flexibility index (Phi) is 3.94. The van der Waals surface area contributed by atoms with E-state index < -0.39 is 0 Å². The lowest BCUT2D eigenvalue weighted by Crippen LogP contribution is -2.22. The third-order valence-corrected chi connectivity index (χ3v) is 2.90. The topological polar surface area (TPSA) is 63.9 Å². The average Bonchev–Trinajstić information content (AvgIpc) is 2.86. The third kappa shape index (κ3) is 2.98. The van der Waals surface area contributed by atoms with Crippen LogP contribution in [0.3, 0.4) is 0 Å². The summed E-state index contributed by atoms with van der Waals surface area (Å²) in [6.07, 6.45) is 2.45. The van der Waals surface area contributed by atoms with Crippen molar-refractivity contribution in [3.8, 4) is 5.82 Å². The highest BCUT2D eigenvalue weighted by molar-refractivity contribution is 9.10. The number of carbonyl (C=O) groups is 1. The van der Waals surface area contributed by atoms with Crippen LogP contribution in [0.1, 0.15) is 23.2 Å². The van der Waals surface area contributed by atoms with E-state index in [-0.39, 0.29) is 5.91 Å². The molecule has 2 rings (SSSR count). The lowest BCUT2D eigenvalue weighted by molar-refractivity contribution is 0.0821. The van der Waals surface area contributed by atoms with Crippen molar-refractivity contribution >= 4 is 21.8 Å². The van der Waals surface area contributed by atoms with E-state index in [1.54, 1.807) is 37.1 Å². The minimum atomic E-state index is -0.136. The molecular weight excluding hydrogens is 310 g/mol. The first-order valence-electron chi connectivity index (χ1n) is 5.82. The number of halogens is 1. The maximum absolute atomic E-state index is 11.8. The minimum Gasteiger partial charge on any atom is -0.343 e. The van der Waals surface area contributed by atoms with Gasteiger partial charge in [0.15, 0.2) is 11.5 Å². The average molecular weight is 324 g/mol. The van der Waals surface area contributed by atoms with Crippen molar-refractivity contribution in [3.05, 3.63) is 34.5 Å². The lowest BCUT2D eigenvalue weighted by atomic mass is 10.4. The van der Waals surface area contributed by atoms with Crippen LogP contribution >= 0.6 is 15.9 Å². The molecule has 0 aliphatic heterocycles. The van der Waals surface area contributed by atoms with E-state index >= 15 is 0 Å². The van der Waals surface area contributed by atoms with E-state index in [0.717, 1.165) is 12.2 Å². The van der Waals surface area contributed by atoms with Gasteiger partial charge in [-0.3, -0.25) is 4.79 Å². The number of rotatable bonds is 3. The molecule has 0 atom stereocenters. The van der Waals surface area contributed by atoms with Crippen molar-refractivity contribution in [3.63, 3.8) is 0 Å². The highest BCUT2D eigenvalue weighted by Crippen LogP contribution is 2.12. The Balaban J connectivity index is 2.37. The van der Waals surface area contributed by atoms with Crippen molar-refractivity contribution in [2.45, 2.75) is 13.3 Å². The van der Waals surface area contributed by atoms with Crippen LogP contribution in [-0.4, -0.2) is 44.7 Å². The Labute approximate surface area is 119 Å². The van der Waals surface area contributed by atoms with Crippen LogP contribution in [0.15, 0.2) is 22.9 Å². The van der Waals surface area contributed by atoms with Gasteiger partial charge in [0, 0.05) is 32.8 Å². The van der Waals surface area contributed by atoms with Crippen LogP contribution in [0.2, 0.25) is 0 Å². The van der Waals surface area contributed by atoms with Crippen molar-refractivity contribution in [2.75, 3.05) is 14.1 Å². The summed E-state index contributed by atoms with van der Waals surface area (Å²) in [6.45, 7) is 1.98. The van der Waals surface area contributed by atoms with Crippen molar-refractivity contribution in [1.29, 1.82) is 0 Å². The molecule has 0 aliphatic rings. The maximum Gasteiger partial charge on any atom is 0.273 e. The molecule has 100 valence electrons. The summed E-state index contributed by atoms with van der Waals surface area (Å²) in [5.41, 5.74) is 0.387. The SMILES string of the molecule is CCc1nc(Br)cc(-n2ccc(C(=O)N(C)C)n2)n1. The monoisotopic (exact) mass is 323 g/mol. The van der Waals surface area contributed by atoms with Gasteiger partial charge in [0.05, 0.1) is 0 Å². The molecule has 19 heavy (non-hydrogen) atoms. The number of carbonyl (C=O) groups excluding carboxylic acids is 1. The molecule has 0 radical (unpaired) electrons. The lowest BCUT2D eigenvalue weighted by Gasteiger charge is -2.07. The van der Waals surface area contributed by atoms with Gasteiger partial charge in [0.25, 0.3) is 5.91 Å². The molecule has 0 unspecified atom stereocenters. The van der Waals surface area contributed by atoms with Crippen LogP contribution in [0.5, 0.6) is 0 Å². The Morgan fingerprint density at radius 1 is 1.42 bits per heavy atom. The number of aryl methyl sites for hydroxylation is 1. The zero-order chi connectivity index (χ0) is 14.0. The second-order valence-electron chi connectivity index (χ2n) is 4.16. The number of aromatic nitrogens is 4. The molecule has 6 nitrogen and oxygen atoms in total. The van der Waals surface area contributed by atoms with Crippen LogP contribution in [0.4, 0.5) is 0 Å². The van der Waals surface area contributed by atoms with Crippen LogP contribution in [0, 0.1) is 0 Å². The molecule has 0 saturated carbocycles. The fourth-order valence-electron chi connectivity index (χ4n) is 1.52. The third-order valence-electron chi connectivity index (χ3n) is 2.49. The van der Waals surface area contributed by atoms with Crippen molar-refractivity contribution in [1.82, 2.24) is 24.6 Å². The van der Waals surface area contributed by atoms with Crippen LogP contribution in [0.25, 0.3) is 5.82 Å². The second kappa shape index (κ2) is 5.48. The summed E-state index contributed by atoms with van der Waals surface area (Å²) in [4.78, 5) is 21.9. The van der Waals surface area contributed by atoms with Crippen LogP contribution < -0.4 is 0 Å². The molecule has 2 aromatic rings. The van der Waals surface area contributed by atoms with Gasteiger partial charge in [-0.2, -0.15) is 5.10 Å². The first kappa shape index (κ1) is 13.7. The molecular formula is C12H14BrN5O. The summed E-state index contributed by atoms with van der Waals surface area (Å²) >= 11 is 3.34. The van der Waals surface area contributed by atoms with E-state index in [4.69, 9.17) is 0 Å². The van der Waals surface area contributed by atoms with Gasteiger partial charge in [-0.15, -0.1) is 0 Å². The molecule has 0 bridgehead atoms.